The number of hydrogen-bond acceptors (Lipinski definition) is 4. The van der Waals surface area contributed by atoms with Crippen LogP contribution in [-0.2, 0) is 22.4 Å². The number of aliphatic carboxylic acids is 2. The van der Waals surface area contributed by atoms with E-state index < -0.39 is 11.9 Å². The van der Waals surface area contributed by atoms with Crippen molar-refractivity contribution in [2.75, 3.05) is 13.2 Å². The monoisotopic (exact) mass is 400 g/mol. The molecule has 0 heterocycles. The second-order valence-corrected chi connectivity index (χ2v) is 6.90. The highest BCUT2D eigenvalue weighted by Gasteiger charge is 2.03. The van der Waals surface area contributed by atoms with E-state index in [0.29, 0.717) is 24.7 Å². The predicted molar refractivity (Wildman–Crippen MR) is 110 cm³/mol. The van der Waals surface area contributed by atoms with Crippen LogP contribution in [0.5, 0.6) is 11.5 Å². The van der Waals surface area contributed by atoms with Crippen molar-refractivity contribution in [3.05, 3.63) is 59.7 Å². The molecular weight excluding hydrogens is 372 g/mol. The predicted octanol–water partition coefficient (Wildman–Crippen LogP) is 4.35. The lowest BCUT2D eigenvalue weighted by Crippen LogP contribution is -2.02. The van der Waals surface area contributed by atoms with Gasteiger partial charge >= 0.3 is 11.9 Å². The minimum Gasteiger partial charge on any atom is -0.494 e. The SMILES string of the molecule is O=C(O)Cc1cccc(OCCCCCCCOc2cccc(CC(=O)O)c2)c1. The first kappa shape index (κ1) is 22.3. The Labute approximate surface area is 171 Å². The van der Waals surface area contributed by atoms with Crippen LogP contribution in [0, 0.1) is 0 Å². The van der Waals surface area contributed by atoms with E-state index in [0.717, 1.165) is 43.2 Å². The fourth-order valence-electron chi connectivity index (χ4n) is 2.95. The van der Waals surface area contributed by atoms with Crippen LogP contribution in [0.4, 0.5) is 0 Å². The van der Waals surface area contributed by atoms with E-state index in [1.807, 2.05) is 24.3 Å². The standard InChI is InChI=1S/C23H28O6/c24-22(25)16-18-8-6-10-20(14-18)28-12-4-2-1-3-5-13-29-21-11-7-9-19(15-21)17-23(26)27/h6-11,14-15H,1-5,12-13,16-17H2,(H,24,25)(H,26,27). The van der Waals surface area contributed by atoms with Crippen molar-refractivity contribution < 1.29 is 29.3 Å². The van der Waals surface area contributed by atoms with Gasteiger partial charge in [0, 0.05) is 0 Å². The summed E-state index contributed by atoms with van der Waals surface area (Å²) < 4.78 is 11.4. The molecular formula is C23H28O6. The van der Waals surface area contributed by atoms with E-state index in [-0.39, 0.29) is 12.8 Å². The minimum atomic E-state index is -0.848. The number of carboxylic acids is 2. The van der Waals surface area contributed by atoms with Crippen LogP contribution in [0.15, 0.2) is 48.5 Å². The molecule has 156 valence electrons. The van der Waals surface area contributed by atoms with Crippen LogP contribution in [0.25, 0.3) is 0 Å². The van der Waals surface area contributed by atoms with Gasteiger partial charge in [-0.15, -0.1) is 0 Å². The second-order valence-electron chi connectivity index (χ2n) is 6.90. The second kappa shape index (κ2) is 12.4. The highest BCUT2D eigenvalue weighted by molar-refractivity contribution is 5.70. The number of ether oxygens (including phenoxy) is 2. The van der Waals surface area contributed by atoms with E-state index in [4.69, 9.17) is 19.7 Å². The average molecular weight is 400 g/mol. The van der Waals surface area contributed by atoms with E-state index >= 15 is 0 Å². The Morgan fingerprint density at radius 2 is 1.07 bits per heavy atom. The molecule has 0 spiro atoms. The summed E-state index contributed by atoms with van der Waals surface area (Å²) in [5.74, 6) is -0.275. The molecule has 0 atom stereocenters. The third-order valence-corrected chi connectivity index (χ3v) is 4.33. The number of carboxylic acid groups (broad SMARTS) is 2. The Hall–Kier alpha value is -3.02. The maximum absolute atomic E-state index is 10.8. The molecule has 0 saturated carbocycles. The highest BCUT2D eigenvalue weighted by atomic mass is 16.5. The number of hydrogen-bond donors (Lipinski definition) is 2. The van der Waals surface area contributed by atoms with Gasteiger partial charge in [0.2, 0.25) is 0 Å². The molecule has 0 radical (unpaired) electrons. The van der Waals surface area contributed by atoms with Gasteiger partial charge < -0.3 is 19.7 Å². The first-order valence-corrected chi connectivity index (χ1v) is 9.90. The Balaban J connectivity index is 1.52. The maximum Gasteiger partial charge on any atom is 0.307 e. The van der Waals surface area contributed by atoms with Crippen LogP contribution in [-0.4, -0.2) is 35.4 Å². The molecule has 0 bridgehead atoms. The van der Waals surface area contributed by atoms with E-state index in [2.05, 4.69) is 0 Å². The van der Waals surface area contributed by atoms with Gasteiger partial charge in [-0.1, -0.05) is 43.5 Å². The zero-order chi connectivity index (χ0) is 20.9. The Kier molecular flexibility index (Phi) is 9.55. The smallest absolute Gasteiger partial charge is 0.307 e. The van der Waals surface area contributed by atoms with Crippen LogP contribution in [0.2, 0.25) is 0 Å². The summed E-state index contributed by atoms with van der Waals surface area (Å²) >= 11 is 0. The minimum absolute atomic E-state index is 0.00310. The molecule has 6 heteroatoms. The molecule has 0 aromatic heterocycles. The highest BCUT2D eigenvalue weighted by Crippen LogP contribution is 2.16. The molecule has 0 aliphatic carbocycles. The van der Waals surface area contributed by atoms with Gasteiger partial charge in [-0.25, -0.2) is 0 Å². The number of unbranched alkanes of at least 4 members (excludes halogenated alkanes) is 4. The molecule has 0 unspecified atom stereocenters. The average Bonchev–Trinajstić information content (AvgIpc) is 2.66. The molecule has 0 saturated heterocycles. The number of rotatable bonds is 14. The van der Waals surface area contributed by atoms with Crippen LogP contribution >= 0.6 is 0 Å². The van der Waals surface area contributed by atoms with E-state index in [1.165, 1.54) is 0 Å². The molecule has 2 aromatic rings. The fourth-order valence-corrected chi connectivity index (χ4v) is 2.95. The summed E-state index contributed by atoms with van der Waals surface area (Å²) in [6.07, 6.45) is 5.10. The van der Waals surface area contributed by atoms with Gasteiger partial charge in [0.1, 0.15) is 11.5 Å². The zero-order valence-corrected chi connectivity index (χ0v) is 16.5. The van der Waals surface area contributed by atoms with Crippen LogP contribution in [0.1, 0.15) is 43.2 Å². The van der Waals surface area contributed by atoms with Crippen LogP contribution in [0.3, 0.4) is 0 Å². The van der Waals surface area contributed by atoms with Gasteiger partial charge in [-0.3, -0.25) is 9.59 Å². The Morgan fingerprint density at radius 3 is 1.48 bits per heavy atom. The molecule has 0 fully saturated rings. The van der Waals surface area contributed by atoms with Gasteiger partial charge in [0.25, 0.3) is 0 Å². The van der Waals surface area contributed by atoms with Gasteiger partial charge in [0.15, 0.2) is 0 Å². The molecule has 6 nitrogen and oxygen atoms in total. The molecule has 29 heavy (non-hydrogen) atoms. The number of benzene rings is 2. The Morgan fingerprint density at radius 1 is 0.655 bits per heavy atom. The van der Waals surface area contributed by atoms with Crippen molar-refractivity contribution in [1.29, 1.82) is 0 Å². The van der Waals surface area contributed by atoms with Gasteiger partial charge in [-0.05, 0) is 48.2 Å². The lowest BCUT2D eigenvalue weighted by Gasteiger charge is -2.08. The lowest BCUT2D eigenvalue weighted by molar-refractivity contribution is -0.137. The molecule has 0 aliphatic heterocycles. The third-order valence-electron chi connectivity index (χ3n) is 4.33. The first-order valence-electron chi connectivity index (χ1n) is 9.90. The molecule has 0 amide bonds. The fraction of sp³-hybridized carbons (Fsp3) is 0.391. The quantitative estimate of drug-likeness (QED) is 0.458. The summed E-state index contributed by atoms with van der Waals surface area (Å²) in [7, 11) is 0. The molecule has 0 aliphatic rings. The van der Waals surface area contributed by atoms with Gasteiger partial charge in [-0.2, -0.15) is 0 Å². The molecule has 2 aromatic carbocycles. The van der Waals surface area contributed by atoms with Crippen molar-refractivity contribution in [1.82, 2.24) is 0 Å². The summed E-state index contributed by atoms with van der Waals surface area (Å²) in [6.45, 7) is 1.23. The summed E-state index contributed by atoms with van der Waals surface area (Å²) in [4.78, 5) is 21.5. The third kappa shape index (κ3) is 9.65. The Bertz CT molecular complexity index is 721. The van der Waals surface area contributed by atoms with Crippen molar-refractivity contribution in [2.45, 2.75) is 44.9 Å². The van der Waals surface area contributed by atoms with Crippen molar-refractivity contribution in [3.63, 3.8) is 0 Å². The first-order chi connectivity index (χ1) is 14.0. The van der Waals surface area contributed by atoms with E-state index in [1.54, 1.807) is 24.3 Å². The van der Waals surface area contributed by atoms with E-state index in [9.17, 15) is 9.59 Å². The summed E-state index contributed by atoms with van der Waals surface area (Å²) in [5, 5.41) is 17.7. The van der Waals surface area contributed by atoms with Crippen LogP contribution < -0.4 is 9.47 Å². The van der Waals surface area contributed by atoms with Crippen molar-refractivity contribution in [3.8, 4) is 11.5 Å². The lowest BCUT2D eigenvalue weighted by atomic mass is 10.1. The van der Waals surface area contributed by atoms with Crippen molar-refractivity contribution in [2.24, 2.45) is 0 Å². The topological polar surface area (TPSA) is 93.1 Å². The van der Waals surface area contributed by atoms with Crippen molar-refractivity contribution >= 4 is 11.9 Å². The van der Waals surface area contributed by atoms with Gasteiger partial charge in [0.05, 0.1) is 26.1 Å². The largest absolute Gasteiger partial charge is 0.494 e. The molecule has 2 rings (SSSR count). The zero-order valence-electron chi connectivity index (χ0n) is 16.5. The normalized spacial score (nSPS) is 10.5. The summed E-state index contributed by atoms with van der Waals surface area (Å²) in [6, 6.07) is 14.4. The maximum atomic E-state index is 10.8. The summed E-state index contributed by atoms with van der Waals surface area (Å²) in [5.41, 5.74) is 1.48. The molecule has 2 N–H and O–H groups in total. The number of carbonyl (C=O) groups is 2.